The van der Waals surface area contributed by atoms with Crippen LogP contribution in [0.4, 0.5) is 20.2 Å². The minimum absolute atomic E-state index is 0.0412. The van der Waals surface area contributed by atoms with Gasteiger partial charge < -0.3 is 15.5 Å². The number of piperidine rings is 1. The fourth-order valence-corrected chi connectivity index (χ4v) is 4.48. The van der Waals surface area contributed by atoms with Crippen molar-refractivity contribution >= 4 is 52.0 Å². The Balaban J connectivity index is 1.26. The van der Waals surface area contributed by atoms with Crippen molar-refractivity contribution in [3.63, 3.8) is 0 Å². The second-order valence-corrected chi connectivity index (χ2v) is 9.40. The van der Waals surface area contributed by atoms with Crippen LogP contribution in [0.5, 0.6) is 0 Å². The molecule has 1 fully saturated rings. The van der Waals surface area contributed by atoms with E-state index in [-0.39, 0.29) is 39.9 Å². The average Bonchev–Trinajstić information content (AvgIpc) is 3.33. The van der Waals surface area contributed by atoms with Crippen LogP contribution in [-0.2, 0) is 4.79 Å². The van der Waals surface area contributed by atoms with Crippen LogP contribution in [0.25, 0.3) is 0 Å². The quantitative estimate of drug-likeness (QED) is 0.495. The number of hydrogen-bond donors (Lipinski definition) is 2. The van der Waals surface area contributed by atoms with Gasteiger partial charge in [0.05, 0.1) is 0 Å². The van der Waals surface area contributed by atoms with Crippen LogP contribution in [0, 0.1) is 17.6 Å². The Morgan fingerprint density at radius 3 is 2.29 bits per heavy atom. The average molecular weight is 520 g/mol. The molecule has 3 amide bonds. The van der Waals surface area contributed by atoms with Crippen molar-refractivity contribution in [3.05, 3.63) is 69.1 Å². The van der Waals surface area contributed by atoms with Crippen molar-refractivity contribution in [2.75, 3.05) is 23.7 Å². The van der Waals surface area contributed by atoms with E-state index < -0.39 is 17.5 Å². The summed E-state index contributed by atoms with van der Waals surface area (Å²) >= 11 is 6.74. The number of halogens is 3. The number of anilines is 2. The number of carbonyl (C=O) groups is 3. The molecule has 0 atom stereocenters. The summed E-state index contributed by atoms with van der Waals surface area (Å²) in [6.07, 6.45) is 1.40. The maximum Gasteiger partial charge on any atom is 0.286 e. The van der Waals surface area contributed by atoms with Gasteiger partial charge in [0.2, 0.25) is 15.9 Å². The van der Waals surface area contributed by atoms with Crippen molar-refractivity contribution in [3.8, 4) is 0 Å². The van der Waals surface area contributed by atoms with Crippen molar-refractivity contribution in [2.24, 2.45) is 5.92 Å². The summed E-state index contributed by atoms with van der Waals surface area (Å²) in [6, 6.07) is 9.76. The van der Waals surface area contributed by atoms with Crippen LogP contribution in [0.2, 0.25) is 5.02 Å². The molecule has 1 aromatic heterocycles. The highest BCUT2D eigenvalue weighted by molar-refractivity contribution is 7.15. The minimum atomic E-state index is -1.03. The molecule has 0 bridgehead atoms. The van der Waals surface area contributed by atoms with E-state index in [1.54, 1.807) is 29.2 Å². The van der Waals surface area contributed by atoms with Crippen LogP contribution in [0.1, 0.15) is 38.9 Å². The van der Waals surface area contributed by atoms with Gasteiger partial charge in [0.1, 0.15) is 0 Å². The van der Waals surface area contributed by atoms with Gasteiger partial charge in [0.15, 0.2) is 11.6 Å². The summed E-state index contributed by atoms with van der Waals surface area (Å²) in [5, 5.41) is 13.7. The van der Waals surface area contributed by atoms with E-state index in [1.807, 2.05) is 0 Å². The van der Waals surface area contributed by atoms with Gasteiger partial charge in [0.25, 0.3) is 11.8 Å². The molecule has 1 aliphatic heterocycles. The standard InChI is InChI=1S/C23H20ClF2N5O3S/c24-14-1-3-15(4-2-14)28-20(33)21-29-30-22(35-21)23(34)31-9-7-13(8-10-31)11-19(32)27-16-5-6-17(25)18(26)12-16/h1-6,12-13H,7-11H2,(H,27,32)(H,28,33). The maximum absolute atomic E-state index is 13.3. The molecule has 8 nitrogen and oxygen atoms in total. The summed E-state index contributed by atoms with van der Waals surface area (Å²) in [7, 11) is 0. The van der Waals surface area contributed by atoms with Gasteiger partial charge in [-0.1, -0.05) is 22.9 Å². The number of aromatic nitrogens is 2. The minimum Gasteiger partial charge on any atom is -0.337 e. The largest absolute Gasteiger partial charge is 0.337 e. The molecule has 4 rings (SSSR count). The summed E-state index contributed by atoms with van der Waals surface area (Å²) < 4.78 is 26.3. The Kier molecular flexibility index (Phi) is 7.67. The number of carbonyl (C=O) groups excluding carboxylic acids is 3. The van der Waals surface area contributed by atoms with E-state index in [2.05, 4.69) is 20.8 Å². The molecule has 2 heterocycles. The fraction of sp³-hybridized carbons (Fsp3) is 0.261. The topological polar surface area (TPSA) is 104 Å². The lowest BCUT2D eigenvalue weighted by Gasteiger charge is -2.31. The van der Waals surface area contributed by atoms with Gasteiger partial charge in [-0.25, -0.2) is 8.78 Å². The maximum atomic E-state index is 13.3. The molecule has 0 spiro atoms. The first kappa shape index (κ1) is 24.7. The normalized spacial score (nSPS) is 14.0. The first-order valence-corrected chi connectivity index (χ1v) is 11.9. The zero-order chi connectivity index (χ0) is 24.9. The first-order valence-electron chi connectivity index (χ1n) is 10.7. The molecule has 182 valence electrons. The summed E-state index contributed by atoms with van der Waals surface area (Å²) in [4.78, 5) is 39.1. The van der Waals surface area contributed by atoms with Crippen LogP contribution in [0.3, 0.4) is 0 Å². The Bertz CT molecular complexity index is 1250. The van der Waals surface area contributed by atoms with Crippen LogP contribution in [-0.4, -0.2) is 45.9 Å². The third-order valence-electron chi connectivity index (χ3n) is 5.48. The summed E-state index contributed by atoms with van der Waals surface area (Å²) in [6.45, 7) is 0.849. The second-order valence-electron chi connectivity index (χ2n) is 7.99. The zero-order valence-corrected chi connectivity index (χ0v) is 19.8. The van der Waals surface area contributed by atoms with Crippen LogP contribution < -0.4 is 10.6 Å². The van der Waals surface area contributed by atoms with E-state index in [0.717, 1.165) is 23.5 Å². The van der Waals surface area contributed by atoms with Gasteiger partial charge in [-0.15, -0.1) is 10.2 Å². The molecule has 0 saturated carbocycles. The molecule has 0 radical (unpaired) electrons. The third kappa shape index (κ3) is 6.37. The lowest BCUT2D eigenvalue weighted by Crippen LogP contribution is -2.39. The first-order chi connectivity index (χ1) is 16.8. The molecule has 35 heavy (non-hydrogen) atoms. The highest BCUT2D eigenvalue weighted by Gasteiger charge is 2.28. The van der Waals surface area contributed by atoms with Crippen molar-refractivity contribution in [1.82, 2.24) is 15.1 Å². The number of rotatable bonds is 6. The number of likely N-dealkylation sites (tertiary alicyclic amines) is 1. The van der Waals surface area contributed by atoms with Crippen molar-refractivity contribution in [1.29, 1.82) is 0 Å². The molecule has 0 aliphatic carbocycles. The second kappa shape index (κ2) is 10.9. The number of nitrogens with zero attached hydrogens (tertiary/aromatic N) is 3. The lowest BCUT2D eigenvalue weighted by atomic mass is 9.93. The van der Waals surface area contributed by atoms with Gasteiger partial charge in [-0.05, 0) is 55.2 Å². The summed E-state index contributed by atoms with van der Waals surface area (Å²) in [5.74, 6) is -3.07. The molecule has 1 saturated heterocycles. The number of nitrogens with one attached hydrogen (secondary N) is 2. The monoisotopic (exact) mass is 519 g/mol. The molecular formula is C23H20ClF2N5O3S. The molecule has 0 unspecified atom stereocenters. The predicted molar refractivity (Wildman–Crippen MR) is 128 cm³/mol. The van der Waals surface area contributed by atoms with E-state index in [1.165, 1.54) is 6.07 Å². The Hall–Kier alpha value is -3.44. The molecule has 12 heteroatoms. The number of amides is 3. The number of benzene rings is 2. The van der Waals surface area contributed by atoms with Gasteiger partial charge in [-0.2, -0.15) is 0 Å². The molecule has 3 aromatic rings. The smallest absolute Gasteiger partial charge is 0.286 e. The molecule has 2 N–H and O–H groups in total. The fourth-order valence-electron chi connectivity index (χ4n) is 3.64. The van der Waals surface area contributed by atoms with E-state index >= 15 is 0 Å². The number of hydrogen-bond acceptors (Lipinski definition) is 6. The Morgan fingerprint density at radius 1 is 0.943 bits per heavy atom. The van der Waals surface area contributed by atoms with Crippen LogP contribution in [0.15, 0.2) is 42.5 Å². The molecular weight excluding hydrogens is 500 g/mol. The van der Waals surface area contributed by atoms with Crippen LogP contribution >= 0.6 is 22.9 Å². The van der Waals surface area contributed by atoms with Gasteiger partial charge in [-0.3, -0.25) is 14.4 Å². The lowest BCUT2D eigenvalue weighted by molar-refractivity contribution is -0.117. The van der Waals surface area contributed by atoms with Crippen molar-refractivity contribution in [2.45, 2.75) is 19.3 Å². The van der Waals surface area contributed by atoms with E-state index in [4.69, 9.17) is 11.6 Å². The third-order valence-corrected chi connectivity index (χ3v) is 6.65. The van der Waals surface area contributed by atoms with E-state index in [0.29, 0.717) is 36.6 Å². The zero-order valence-electron chi connectivity index (χ0n) is 18.3. The van der Waals surface area contributed by atoms with Gasteiger partial charge in [0, 0.05) is 42.0 Å². The van der Waals surface area contributed by atoms with E-state index in [9.17, 15) is 23.2 Å². The highest BCUT2D eigenvalue weighted by Crippen LogP contribution is 2.24. The Labute approximate surface area is 208 Å². The molecule has 1 aliphatic rings. The Morgan fingerprint density at radius 2 is 1.60 bits per heavy atom. The highest BCUT2D eigenvalue weighted by atomic mass is 35.5. The molecule has 2 aromatic carbocycles. The summed E-state index contributed by atoms with van der Waals surface area (Å²) in [5.41, 5.74) is 0.729. The SMILES string of the molecule is O=C(CC1CCN(C(=O)c2nnc(C(=O)Nc3ccc(Cl)cc3)s2)CC1)Nc1ccc(F)c(F)c1. The predicted octanol–water partition coefficient (Wildman–Crippen LogP) is 4.60. The van der Waals surface area contributed by atoms with Crippen molar-refractivity contribution < 1.29 is 23.2 Å². The van der Waals surface area contributed by atoms with Gasteiger partial charge >= 0.3 is 0 Å².